The van der Waals surface area contributed by atoms with Gasteiger partial charge in [0.05, 0.1) is 6.04 Å². The van der Waals surface area contributed by atoms with Crippen molar-refractivity contribution in [2.75, 3.05) is 6.54 Å². The van der Waals surface area contributed by atoms with Gasteiger partial charge in [-0.2, -0.15) is 0 Å². The SMILES string of the molecule is CCNC(c1ccc(Cl)o1)c1c(C)cc(C)cc1C. The minimum Gasteiger partial charge on any atom is -0.448 e. The number of aryl methyl sites for hydroxylation is 3. The molecule has 0 aliphatic rings. The topological polar surface area (TPSA) is 25.2 Å². The summed E-state index contributed by atoms with van der Waals surface area (Å²) in [5.74, 6) is 0.863. The summed E-state index contributed by atoms with van der Waals surface area (Å²) in [6, 6.07) is 8.20. The molecule has 0 saturated carbocycles. The molecule has 1 heterocycles. The minimum atomic E-state index is 0.0538. The quantitative estimate of drug-likeness (QED) is 0.886. The zero-order valence-corrected chi connectivity index (χ0v) is 12.6. The molecular weight excluding hydrogens is 258 g/mol. The van der Waals surface area contributed by atoms with E-state index in [-0.39, 0.29) is 6.04 Å². The third-order valence-electron chi connectivity index (χ3n) is 3.31. The summed E-state index contributed by atoms with van der Waals surface area (Å²) in [5.41, 5.74) is 5.11. The normalized spacial score (nSPS) is 12.7. The van der Waals surface area contributed by atoms with Crippen molar-refractivity contribution in [3.63, 3.8) is 0 Å². The lowest BCUT2D eigenvalue weighted by Crippen LogP contribution is -2.23. The Balaban J connectivity index is 2.51. The molecule has 2 nitrogen and oxygen atoms in total. The standard InChI is InChI=1S/C16H20ClNO/c1-5-18-16(13-6-7-14(17)19-13)15-11(3)8-10(2)9-12(15)4/h6-9,16,18H,5H2,1-4H3. The van der Waals surface area contributed by atoms with Crippen molar-refractivity contribution in [2.24, 2.45) is 0 Å². The van der Waals surface area contributed by atoms with Crippen molar-refractivity contribution >= 4 is 11.6 Å². The van der Waals surface area contributed by atoms with Crippen LogP contribution in [-0.2, 0) is 0 Å². The fourth-order valence-electron chi connectivity index (χ4n) is 2.68. The smallest absolute Gasteiger partial charge is 0.193 e. The van der Waals surface area contributed by atoms with E-state index in [4.69, 9.17) is 16.0 Å². The molecule has 0 aliphatic heterocycles. The molecule has 0 bridgehead atoms. The van der Waals surface area contributed by atoms with Gasteiger partial charge in [0.2, 0.25) is 0 Å². The highest BCUT2D eigenvalue weighted by Gasteiger charge is 2.20. The van der Waals surface area contributed by atoms with Crippen LogP contribution in [0.25, 0.3) is 0 Å². The summed E-state index contributed by atoms with van der Waals surface area (Å²) < 4.78 is 5.60. The molecule has 2 rings (SSSR count). The van der Waals surface area contributed by atoms with Gasteiger partial charge in [-0.1, -0.05) is 24.6 Å². The Labute approximate surface area is 119 Å². The van der Waals surface area contributed by atoms with Crippen LogP contribution in [0.5, 0.6) is 0 Å². The van der Waals surface area contributed by atoms with E-state index in [1.54, 1.807) is 6.07 Å². The molecule has 0 radical (unpaired) electrons. The van der Waals surface area contributed by atoms with E-state index in [1.165, 1.54) is 22.3 Å². The molecule has 102 valence electrons. The van der Waals surface area contributed by atoms with Crippen molar-refractivity contribution in [3.8, 4) is 0 Å². The lowest BCUT2D eigenvalue weighted by molar-refractivity contribution is 0.452. The molecule has 3 heteroatoms. The highest BCUT2D eigenvalue weighted by molar-refractivity contribution is 6.28. The Bertz CT molecular complexity index is 551. The van der Waals surface area contributed by atoms with Gasteiger partial charge in [0.25, 0.3) is 0 Å². The highest BCUT2D eigenvalue weighted by atomic mass is 35.5. The maximum Gasteiger partial charge on any atom is 0.193 e. The molecule has 1 unspecified atom stereocenters. The lowest BCUT2D eigenvalue weighted by atomic mass is 9.92. The van der Waals surface area contributed by atoms with Crippen molar-refractivity contribution < 1.29 is 4.42 Å². The second-order valence-electron chi connectivity index (χ2n) is 4.94. The number of benzene rings is 1. The Morgan fingerprint density at radius 3 is 2.26 bits per heavy atom. The van der Waals surface area contributed by atoms with Gasteiger partial charge in [-0.05, 0) is 67.7 Å². The maximum absolute atomic E-state index is 5.90. The second-order valence-corrected chi connectivity index (χ2v) is 5.32. The summed E-state index contributed by atoms with van der Waals surface area (Å²) in [5, 5.41) is 3.91. The lowest BCUT2D eigenvalue weighted by Gasteiger charge is -2.21. The average molecular weight is 278 g/mol. The van der Waals surface area contributed by atoms with E-state index >= 15 is 0 Å². The van der Waals surface area contributed by atoms with Crippen LogP contribution in [-0.4, -0.2) is 6.54 Å². The summed E-state index contributed by atoms with van der Waals surface area (Å²) in [4.78, 5) is 0. The molecule has 0 saturated heterocycles. The molecule has 0 fully saturated rings. The van der Waals surface area contributed by atoms with Gasteiger partial charge in [-0.3, -0.25) is 0 Å². The largest absolute Gasteiger partial charge is 0.448 e. The van der Waals surface area contributed by atoms with Crippen molar-refractivity contribution in [1.29, 1.82) is 0 Å². The first kappa shape index (κ1) is 14.2. The minimum absolute atomic E-state index is 0.0538. The first-order valence-corrected chi connectivity index (χ1v) is 6.97. The van der Waals surface area contributed by atoms with Crippen LogP contribution in [0.4, 0.5) is 0 Å². The third-order valence-corrected chi connectivity index (χ3v) is 3.52. The van der Waals surface area contributed by atoms with E-state index in [9.17, 15) is 0 Å². The Kier molecular flexibility index (Phi) is 4.33. The van der Waals surface area contributed by atoms with E-state index in [0.29, 0.717) is 5.22 Å². The number of rotatable bonds is 4. The van der Waals surface area contributed by atoms with Gasteiger partial charge in [0, 0.05) is 0 Å². The summed E-state index contributed by atoms with van der Waals surface area (Å²) >= 11 is 5.90. The fraction of sp³-hybridized carbons (Fsp3) is 0.375. The van der Waals surface area contributed by atoms with Crippen molar-refractivity contribution in [2.45, 2.75) is 33.7 Å². The van der Waals surface area contributed by atoms with E-state index in [1.807, 2.05) is 6.07 Å². The molecular formula is C16H20ClNO. The molecule has 0 amide bonds. The monoisotopic (exact) mass is 277 g/mol. The summed E-state index contributed by atoms with van der Waals surface area (Å²) in [6.07, 6.45) is 0. The van der Waals surface area contributed by atoms with Gasteiger partial charge >= 0.3 is 0 Å². The average Bonchev–Trinajstić information content (AvgIpc) is 2.73. The molecule has 2 aromatic rings. The van der Waals surface area contributed by atoms with Gasteiger partial charge in [0.1, 0.15) is 5.76 Å². The Morgan fingerprint density at radius 2 is 1.79 bits per heavy atom. The van der Waals surface area contributed by atoms with Crippen LogP contribution in [0, 0.1) is 20.8 Å². The first-order valence-electron chi connectivity index (χ1n) is 6.59. The van der Waals surface area contributed by atoms with Crippen molar-refractivity contribution in [1.82, 2.24) is 5.32 Å². The molecule has 1 aromatic heterocycles. The van der Waals surface area contributed by atoms with E-state index in [2.05, 4.69) is 45.1 Å². The van der Waals surface area contributed by atoms with Gasteiger partial charge in [-0.15, -0.1) is 0 Å². The predicted octanol–water partition coefficient (Wildman–Crippen LogP) is 4.56. The van der Waals surface area contributed by atoms with E-state index < -0.39 is 0 Å². The molecule has 1 N–H and O–H groups in total. The van der Waals surface area contributed by atoms with Crippen molar-refractivity contribution in [3.05, 3.63) is 57.5 Å². The van der Waals surface area contributed by atoms with E-state index in [0.717, 1.165) is 12.3 Å². The second kappa shape index (κ2) is 5.81. The van der Waals surface area contributed by atoms with Crippen LogP contribution >= 0.6 is 11.6 Å². The molecule has 0 aliphatic carbocycles. The molecule has 19 heavy (non-hydrogen) atoms. The number of nitrogens with one attached hydrogen (secondary N) is 1. The van der Waals surface area contributed by atoms with Crippen LogP contribution in [0.15, 0.2) is 28.7 Å². The number of halogens is 1. The van der Waals surface area contributed by atoms with Crippen LogP contribution in [0.3, 0.4) is 0 Å². The molecule has 1 atom stereocenters. The first-order chi connectivity index (χ1) is 9.02. The van der Waals surface area contributed by atoms with Crippen LogP contribution in [0.2, 0.25) is 5.22 Å². The van der Waals surface area contributed by atoms with Crippen LogP contribution in [0.1, 0.15) is 41.0 Å². The Morgan fingerprint density at radius 1 is 1.16 bits per heavy atom. The van der Waals surface area contributed by atoms with Crippen LogP contribution < -0.4 is 5.32 Å². The third kappa shape index (κ3) is 3.02. The Hall–Kier alpha value is -1.25. The number of hydrogen-bond acceptors (Lipinski definition) is 2. The fourth-order valence-corrected chi connectivity index (χ4v) is 2.83. The van der Waals surface area contributed by atoms with Gasteiger partial charge in [-0.25, -0.2) is 0 Å². The summed E-state index contributed by atoms with van der Waals surface area (Å²) in [6.45, 7) is 9.37. The van der Waals surface area contributed by atoms with Gasteiger partial charge in [0.15, 0.2) is 5.22 Å². The zero-order valence-electron chi connectivity index (χ0n) is 11.9. The number of furan rings is 1. The predicted molar refractivity (Wildman–Crippen MR) is 79.9 cm³/mol. The molecule has 0 spiro atoms. The number of hydrogen-bond donors (Lipinski definition) is 1. The molecule has 1 aromatic carbocycles. The highest BCUT2D eigenvalue weighted by Crippen LogP contribution is 2.30. The van der Waals surface area contributed by atoms with Gasteiger partial charge < -0.3 is 9.73 Å². The maximum atomic E-state index is 5.90. The zero-order chi connectivity index (χ0) is 14.0. The summed E-state index contributed by atoms with van der Waals surface area (Å²) in [7, 11) is 0.